The van der Waals surface area contributed by atoms with Crippen LogP contribution in [0.4, 0.5) is 26.7 Å². The third kappa shape index (κ3) is 7.00. The number of phenolic OH excluding ortho intramolecular Hbond substituents is 1. The van der Waals surface area contributed by atoms with E-state index in [1.165, 1.54) is 43.4 Å². The van der Waals surface area contributed by atoms with Gasteiger partial charge in [0.15, 0.2) is 11.8 Å². The maximum absolute atomic E-state index is 14.0. The molecule has 0 bridgehead atoms. The standard InChI is InChI=1S/C31H28F5N7O4/c1-38-29(37)42(26(45)19-4-2-17(3-5-19)18-6-9-21(32)10-7-18)23(15-47-30(46)41-31(12-13-31)27(33)34)20-8-11-24(44)22(14-20)25-39-16-40-43(25)28(35)36/h2-11,14,16,23,27-28,44H,12-13,15H2,1H3,(H2,37,38)(H,41,46)/t23-/m1/s1. The van der Waals surface area contributed by atoms with E-state index < -0.39 is 66.5 Å². The molecule has 0 unspecified atom stereocenters. The average Bonchev–Trinajstić information content (AvgIpc) is 3.67. The Morgan fingerprint density at radius 2 is 1.68 bits per heavy atom. The van der Waals surface area contributed by atoms with Crippen LogP contribution in [0.1, 0.15) is 41.4 Å². The molecule has 16 heteroatoms. The van der Waals surface area contributed by atoms with Gasteiger partial charge in [0.25, 0.3) is 12.3 Å². The van der Waals surface area contributed by atoms with E-state index in [0.717, 1.165) is 17.3 Å². The Kier molecular flexibility index (Phi) is 9.39. The lowest BCUT2D eigenvalue weighted by atomic mass is 10.00. The van der Waals surface area contributed by atoms with Gasteiger partial charge in [0.05, 0.1) is 11.6 Å². The van der Waals surface area contributed by atoms with Crippen LogP contribution in [0.3, 0.4) is 0 Å². The Hall–Kier alpha value is -5.54. The van der Waals surface area contributed by atoms with Crippen LogP contribution in [0.5, 0.6) is 5.75 Å². The molecule has 246 valence electrons. The van der Waals surface area contributed by atoms with Crippen LogP contribution in [0.15, 0.2) is 73.1 Å². The molecule has 4 aromatic rings. The van der Waals surface area contributed by atoms with Gasteiger partial charge < -0.3 is 20.5 Å². The number of phenols is 1. The number of ether oxygens (including phenoxy) is 1. The minimum Gasteiger partial charge on any atom is -0.507 e. The van der Waals surface area contributed by atoms with Gasteiger partial charge in [-0.15, -0.1) is 0 Å². The van der Waals surface area contributed by atoms with Crippen LogP contribution in [0.25, 0.3) is 22.5 Å². The van der Waals surface area contributed by atoms with Crippen molar-refractivity contribution in [3.8, 4) is 28.3 Å². The normalized spacial score (nSPS) is 14.0. The third-order valence-corrected chi connectivity index (χ3v) is 7.65. The lowest BCUT2D eigenvalue weighted by molar-refractivity contribution is 0.0582. The van der Waals surface area contributed by atoms with E-state index in [-0.39, 0.29) is 34.2 Å². The summed E-state index contributed by atoms with van der Waals surface area (Å²) >= 11 is 0. The molecule has 0 saturated heterocycles. The summed E-state index contributed by atoms with van der Waals surface area (Å²) in [6, 6.07) is 14.2. The fourth-order valence-corrected chi connectivity index (χ4v) is 4.88. The fourth-order valence-electron chi connectivity index (χ4n) is 4.88. The van der Waals surface area contributed by atoms with Crippen molar-refractivity contribution in [2.45, 2.75) is 37.4 Å². The summed E-state index contributed by atoms with van der Waals surface area (Å²) in [5.74, 6) is -2.53. The number of halogens is 5. The van der Waals surface area contributed by atoms with Crippen molar-refractivity contribution in [1.29, 1.82) is 5.41 Å². The third-order valence-electron chi connectivity index (χ3n) is 7.65. The number of alkyl halides is 4. The molecule has 0 spiro atoms. The highest BCUT2D eigenvalue weighted by atomic mass is 19.3. The predicted molar refractivity (Wildman–Crippen MR) is 158 cm³/mol. The van der Waals surface area contributed by atoms with Crippen LogP contribution >= 0.6 is 0 Å². The van der Waals surface area contributed by atoms with Gasteiger partial charge in [0, 0.05) is 12.6 Å². The quantitative estimate of drug-likeness (QED) is 0.0971. The summed E-state index contributed by atoms with van der Waals surface area (Å²) in [6.45, 7) is -3.79. The molecule has 0 aliphatic heterocycles. The molecule has 47 heavy (non-hydrogen) atoms. The number of guanidine groups is 1. The number of nitrogens with zero attached hydrogens (tertiary/aromatic N) is 4. The highest BCUT2D eigenvalue weighted by Gasteiger charge is 2.53. The number of nitrogens with one attached hydrogen (secondary N) is 3. The topological polar surface area (TPSA) is 145 Å². The number of aromatic hydroxyl groups is 1. The highest BCUT2D eigenvalue weighted by Crippen LogP contribution is 2.41. The van der Waals surface area contributed by atoms with Crippen LogP contribution < -0.4 is 10.6 Å². The molecule has 1 aliphatic rings. The average molecular weight is 658 g/mol. The zero-order chi connectivity index (χ0) is 33.9. The first-order valence-electron chi connectivity index (χ1n) is 14.1. The molecule has 5 rings (SSSR count). The first-order valence-corrected chi connectivity index (χ1v) is 14.1. The van der Waals surface area contributed by atoms with Crippen LogP contribution in [0.2, 0.25) is 0 Å². The Morgan fingerprint density at radius 3 is 2.26 bits per heavy atom. The van der Waals surface area contributed by atoms with Crippen molar-refractivity contribution in [3.05, 3.63) is 90.0 Å². The summed E-state index contributed by atoms with van der Waals surface area (Å²) < 4.78 is 73.2. The molecular weight excluding hydrogens is 629 g/mol. The summed E-state index contributed by atoms with van der Waals surface area (Å²) in [4.78, 5) is 31.4. The zero-order valence-electron chi connectivity index (χ0n) is 24.6. The first-order chi connectivity index (χ1) is 22.4. The van der Waals surface area contributed by atoms with Crippen molar-refractivity contribution < 1.29 is 41.4 Å². The van der Waals surface area contributed by atoms with E-state index >= 15 is 0 Å². The molecule has 1 heterocycles. The van der Waals surface area contributed by atoms with Crippen LogP contribution in [-0.4, -0.2) is 68.3 Å². The smallest absolute Gasteiger partial charge is 0.407 e. The monoisotopic (exact) mass is 657 g/mol. The Bertz CT molecular complexity index is 1760. The summed E-state index contributed by atoms with van der Waals surface area (Å²) in [7, 11) is 1.36. The van der Waals surface area contributed by atoms with Gasteiger partial charge in [-0.25, -0.2) is 22.9 Å². The molecule has 1 aromatic heterocycles. The summed E-state index contributed by atoms with van der Waals surface area (Å²) in [6.07, 6.45) is -3.10. The fraction of sp³-hybridized carbons (Fsp3) is 0.258. The van der Waals surface area contributed by atoms with Gasteiger partial charge in [-0.2, -0.15) is 18.6 Å². The molecule has 11 nitrogen and oxygen atoms in total. The second kappa shape index (κ2) is 13.4. The van der Waals surface area contributed by atoms with E-state index in [4.69, 9.17) is 10.1 Å². The van der Waals surface area contributed by atoms with E-state index in [2.05, 4.69) is 20.7 Å². The maximum Gasteiger partial charge on any atom is 0.407 e. The summed E-state index contributed by atoms with van der Waals surface area (Å²) in [5, 5.41) is 27.4. The van der Waals surface area contributed by atoms with Gasteiger partial charge in [-0.1, -0.05) is 30.3 Å². The van der Waals surface area contributed by atoms with Crippen LogP contribution in [-0.2, 0) is 4.74 Å². The number of rotatable bonds is 10. The largest absolute Gasteiger partial charge is 0.507 e. The minimum absolute atomic E-state index is 0.0399. The SMILES string of the molecule is CNC(=N)N(C(=O)c1ccc(-c2ccc(F)cc2)cc1)[C@H](COC(=O)NC1(C(F)F)CC1)c1ccc(O)c(-c2ncnn2C(F)F)c1. The van der Waals surface area contributed by atoms with Gasteiger partial charge >= 0.3 is 12.6 Å². The molecule has 1 atom stereocenters. The van der Waals surface area contributed by atoms with Crippen molar-refractivity contribution in [3.63, 3.8) is 0 Å². The van der Waals surface area contributed by atoms with Crippen molar-refractivity contribution >= 4 is 18.0 Å². The molecule has 0 radical (unpaired) electrons. The number of alkyl carbamates (subject to hydrolysis) is 1. The molecule has 4 N–H and O–H groups in total. The lowest BCUT2D eigenvalue weighted by Gasteiger charge is -2.32. The number of benzene rings is 3. The molecule has 3 aromatic carbocycles. The number of hydrogen-bond donors (Lipinski definition) is 4. The predicted octanol–water partition coefficient (Wildman–Crippen LogP) is 5.71. The number of amides is 2. The summed E-state index contributed by atoms with van der Waals surface area (Å²) in [5.41, 5.74) is -0.425. The molecule has 1 aliphatic carbocycles. The second-order valence-electron chi connectivity index (χ2n) is 10.6. The minimum atomic E-state index is -3.11. The van der Waals surface area contributed by atoms with Gasteiger partial charge in [0.1, 0.15) is 30.0 Å². The molecule has 2 amide bonds. The van der Waals surface area contributed by atoms with E-state index in [9.17, 15) is 36.6 Å². The Labute approximate surface area is 264 Å². The first kappa shape index (κ1) is 32.8. The Morgan fingerprint density at radius 1 is 1.04 bits per heavy atom. The number of hydrogen-bond acceptors (Lipinski definition) is 7. The molecule has 1 saturated carbocycles. The number of carbonyl (C=O) groups is 2. The number of carbonyl (C=O) groups excluding carboxylic acids is 2. The maximum atomic E-state index is 14.0. The van der Waals surface area contributed by atoms with Crippen molar-refractivity contribution in [2.24, 2.45) is 0 Å². The zero-order valence-corrected chi connectivity index (χ0v) is 24.6. The highest BCUT2D eigenvalue weighted by molar-refractivity contribution is 6.05. The Balaban J connectivity index is 1.52. The number of aromatic nitrogens is 3. The van der Waals surface area contributed by atoms with Gasteiger partial charge in [-0.05, 0) is 65.9 Å². The van der Waals surface area contributed by atoms with Crippen molar-refractivity contribution in [1.82, 2.24) is 30.3 Å². The second-order valence-corrected chi connectivity index (χ2v) is 10.6. The molecular formula is C31H28F5N7O4. The van der Waals surface area contributed by atoms with Gasteiger partial charge in [-0.3, -0.25) is 15.1 Å². The van der Waals surface area contributed by atoms with Crippen molar-refractivity contribution in [2.75, 3.05) is 13.7 Å². The van der Waals surface area contributed by atoms with Crippen LogP contribution in [0, 0.1) is 11.2 Å². The van der Waals surface area contributed by atoms with E-state index in [1.807, 2.05) is 0 Å². The van der Waals surface area contributed by atoms with E-state index in [0.29, 0.717) is 11.1 Å². The molecule has 1 fully saturated rings. The van der Waals surface area contributed by atoms with Gasteiger partial charge in [0.2, 0.25) is 0 Å². The lowest BCUT2D eigenvalue weighted by Crippen LogP contribution is -2.48. The van der Waals surface area contributed by atoms with E-state index in [1.54, 1.807) is 24.3 Å².